The Morgan fingerprint density at radius 2 is 1.87 bits per heavy atom. The molecule has 1 heterocycles. The van der Waals surface area contributed by atoms with Gasteiger partial charge in [0.05, 0.1) is 20.6 Å². The van der Waals surface area contributed by atoms with Crippen molar-refractivity contribution >= 4 is 23.3 Å². The van der Waals surface area contributed by atoms with Gasteiger partial charge in [0, 0.05) is 30.2 Å². The summed E-state index contributed by atoms with van der Waals surface area (Å²) in [5.41, 5.74) is 1.46. The van der Waals surface area contributed by atoms with E-state index in [2.05, 4.69) is 15.0 Å². The van der Waals surface area contributed by atoms with Gasteiger partial charge in [-0.25, -0.2) is 9.28 Å². The Morgan fingerprint density at radius 1 is 1.20 bits per heavy atom. The van der Waals surface area contributed by atoms with Crippen molar-refractivity contribution in [3.63, 3.8) is 0 Å². The Bertz CT molecular complexity index is 888. The van der Waals surface area contributed by atoms with Crippen LogP contribution in [0.2, 0.25) is 5.02 Å². The van der Waals surface area contributed by atoms with E-state index in [1.165, 1.54) is 24.3 Å². The molecule has 162 valence electrons. The van der Waals surface area contributed by atoms with Crippen LogP contribution in [0.25, 0.3) is 0 Å². The molecule has 0 aromatic heterocycles. The number of carbonyl (C=O) groups excluding carboxylic acids is 1. The van der Waals surface area contributed by atoms with Crippen molar-refractivity contribution in [3.05, 3.63) is 59.1 Å². The fourth-order valence-corrected chi connectivity index (χ4v) is 3.72. The first kappa shape index (κ1) is 22.4. The van der Waals surface area contributed by atoms with Crippen molar-refractivity contribution in [2.75, 3.05) is 32.5 Å². The van der Waals surface area contributed by atoms with Gasteiger partial charge in [-0.15, -0.1) is 13.2 Å². The topological polar surface area (TPSA) is 41.6 Å². The molecule has 1 aliphatic rings. The van der Waals surface area contributed by atoms with Crippen molar-refractivity contribution in [1.29, 1.82) is 0 Å². The number of anilines is 1. The SMILES string of the molecule is C[N+](C)(C(=O)Nc1ccc(OC(F)(F)F)cc1)C1CCN(Cc2ccccc2Cl)C1. The summed E-state index contributed by atoms with van der Waals surface area (Å²) < 4.78 is 40.8. The number of hydrogen-bond acceptors (Lipinski definition) is 3. The second-order valence-electron chi connectivity index (χ2n) is 7.81. The number of alkyl halides is 3. The number of nitrogens with zero attached hydrogens (tertiary/aromatic N) is 2. The van der Waals surface area contributed by atoms with Gasteiger partial charge >= 0.3 is 12.4 Å². The highest BCUT2D eigenvalue weighted by atomic mass is 35.5. The summed E-state index contributed by atoms with van der Waals surface area (Å²) in [6.07, 6.45) is -3.90. The molecule has 1 fully saturated rings. The molecule has 2 aromatic carbocycles. The molecule has 1 N–H and O–H groups in total. The molecule has 9 heteroatoms. The van der Waals surface area contributed by atoms with E-state index in [0.29, 0.717) is 5.69 Å². The number of benzene rings is 2. The average molecular weight is 443 g/mol. The minimum atomic E-state index is -4.75. The molecular weight excluding hydrogens is 419 g/mol. The van der Waals surface area contributed by atoms with Crippen LogP contribution in [0, 0.1) is 0 Å². The van der Waals surface area contributed by atoms with Gasteiger partial charge < -0.3 is 4.74 Å². The lowest BCUT2D eigenvalue weighted by atomic mass is 10.2. The highest BCUT2D eigenvalue weighted by Gasteiger charge is 2.40. The number of ether oxygens (including phenoxy) is 1. The molecule has 0 radical (unpaired) electrons. The first-order chi connectivity index (χ1) is 14.0. The zero-order valence-electron chi connectivity index (χ0n) is 16.7. The van der Waals surface area contributed by atoms with E-state index in [-0.39, 0.29) is 22.3 Å². The second-order valence-corrected chi connectivity index (χ2v) is 8.22. The summed E-state index contributed by atoms with van der Waals surface area (Å²) in [5.74, 6) is -0.333. The Kier molecular flexibility index (Phi) is 6.59. The zero-order valence-corrected chi connectivity index (χ0v) is 17.5. The lowest BCUT2D eigenvalue weighted by molar-refractivity contribution is -0.831. The summed E-state index contributed by atoms with van der Waals surface area (Å²) in [5, 5.41) is 3.51. The van der Waals surface area contributed by atoms with E-state index in [1.54, 1.807) is 0 Å². The first-order valence-corrected chi connectivity index (χ1v) is 9.89. The van der Waals surface area contributed by atoms with Crippen LogP contribution in [-0.2, 0) is 6.54 Å². The number of amides is 2. The number of quaternary nitrogens is 1. The Morgan fingerprint density at radius 3 is 2.50 bits per heavy atom. The van der Waals surface area contributed by atoms with E-state index in [1.807, 2.05) is 38.4 Å². The predicted molar refractivity (Wildman–Crippen MR) is 109 cm³/mol. The maximum Gasteiger partial charge on any atom is 0.573 e. The third kappa shape index (κ3) is 5.65. The molecule has 2 amide bonds. The first-order valence-electron chi connectivity index (χ1n) is 9.51. The van der Waals surface area contributed by atoms with Crippen molar-refractivity contribution in [1.82, 2.24) is 4.90 Å². The fourth-order valence-electron chi connectivity index (χ4n) is 3.52. The van der Waals surface area contributed by atoms with Crippen LogP contribution < -0.4 is 10.1 Å². The number of hydrogen-bond donors (Lipinski definition) is 1. The Hall–Kier alpha value is -2.29. The van der Waals surface area contributed by atoms with Crippen LogP contribution >= 0.6 is 11.6 Å². The number of urea groups is 1. The third-order valence-corrected chi connectivity index (χ3v) is 5.74. The number of rotatable bonds is 5. The van der Waals surface area contributed by atoms with Crippen LogP contribution in [0.1, 0.15) is 12.0 Å². The number of halogens is 4. The Balaban J connectivity index is 1.58. The molecule has 0 aliphatic carbocycles. The summed E-state index contributed by atoms with van der Waals surface area (Å²) >= 11 is 6.25. The zero-order chi connectivity index (χ0) is 21.9. The van der Waals surface area contributed by atoms with Crippen molar-refractivity contribution in [3.8, 4) is 5.75 Å². The van der Waals surface area contributed by atoms with Gasteiger partial charge in [-0.2, -0.15) is 0 Å². The van der Waals surface area contributed by atoms with Gasteiger partial charge in [0.1, 0.15) is 11.8 Å². The second kappa shape index (κ2) is 8.83. The summed E-state index contributed by atoms with van der Waals surface area (Å²) in [6.45, 7) is 2.32. The van der Waals surface area contributed by atoms with E-state index in [9.17, 15) is 18.0 Å². The minimum Gasteiger partial charge on any atom is -0.406 e. The molecule has 1 saturated heterocycles. The van der Waals surface area contributed by atoms with E-state index < -0.39 is 6.36 Å². The Labute approximate surface area is 178 Å². The number of nitrogens with one attached hydrogen (secondary N) is 1. The number of carbonyl (C=O) groups is 1. The van der Waals surface area contributed by atoms with Crippen LogP contribution in [0.15, 0.2) is 48.5 Å². The van der Waals surface area contributed by atoms with Crippen LogP contribution in [0.3, 0.4) is 0 Å². The number of likely N-dealkylation sites (tertiary alicyclic amines) is 1. The van der Waals surface area contributed by atoms with Crippen LogP contribution in [-0.4, -0.2) is 55.0 Å². The van der Waals surface area contributed by atoms with Crippen molar-refractivity contribution in [2.45, 2.75) is 25.4 Å². The van der Waals surface area contributed by atoms with Crippen LogP contribution in [0.4, 0.5) is 23.7 Å². The largest absolute Gasteiger partial charge is 0.573 e. The summed E-state index contributed by atoms with van der Waals surface area (Å²) in [4.78, 5) is 15.1. The van der Waals surface area contributed by atoms with Gasteiger partial charge in [0.25, 0.3) is 0 Å². The normalized spacial score (nSPS) is 17.7. The van der Waals surface area contributed by atoms with Crippen molar-refractivity contribution in [2.24, 2.45) is 0 Å². The van der Waals surface area contributed by atoms with E-state index >= 15 is 0 Å². The van der Waals surface area contributed by atoms with Gasteiger partial charge in [-0.3, -0.25) is 10.2 Å². The molecule has 5 nitrogen and oxygen atoms in total. The summed E-state index contributed by atoms with van der Waals surface area (Å²) in [6, 6.07) is 12.7. The molecule has 3 rings (SSSR count). The van der Waals surface area contributed by atoms with Crippen LogP contribution in [0.5, 0.6) is 5.75 Å². The van der Waals surface area contributed by atoms with E-state index in [4.69, 9.17) is 11.6 Å². The fraction of sp³-hybridized carbons (Fsp3) is 0.381. The molecule has 0 saturated carbocycles. The molecule has 1 aliphatic heterocycles. The third-order valence-electron chi connectivity index (χ3n) is 5.37. The maximum absolute atomic E-state index is 12.9. The molecule has 1 unspecified atom stereocenters. The van der Waals surface area contributed by atoms with Gasteiger partial charge in [0.2, 0.25) is 0 Å². The highest BCUT2D eigenvalue weighted by Crippen LogP contribution is 2.27. The summed E-state index contributed by atoms with van der Waals surface area (Å²) in [7, 11) is 3.67. The molecule has 0 spiro atoms. The van der Waals surface area contributed by atoms with Gasteiger partial charge in [0.15, 0.2) is 0 Å². The molecule has 1 atom stereocenters. The number of likely N-dealkylation sites (N-methyl/N-ethyl adjacent to an activating group) is 1. The standard InChI is InChI=1S/C21H23ClF3N3O2/c1-28(2,17-11-12-27(14-17)13-15-5-3-4-6-19(15)22)20(29)26-16-7-9-18(10-8-16)30-21(23,24)25/h3-10,17H,11-14H2,1-2H3/p+1. The smallest absolute Gasteiger partial charge is 0.406 e. The maximum atomic E-state index is 12.9. The molecule has 0 bridgehead atoms. The van der Waals surface area contributed by atoms with Gasteiger partial charge in [-0.05, 0) is 35.9 Å². The highest BCUT2D eigenvalue weighted by molar-refractivity contribution is 6.31. The average Bonchev–Trinajstić information content (AvgIpc) is 3.13. The monoisotopic (exact) mass is 442 g/mol. The van der Waals surface area contributed by atoms with Gasteiger partial charge in [-0.1, -0.05) is 29.8 Å². The van der Waals surface area contributed by atoms with Crippen molar-refractivity contribution < 1.29 is 27.2 Å². The minimum absolute atomic E-state index is 0.0836. The molecule has 2 aromatic rings. The molecule has 30 heavy (non-hydrogen) atoms. The quantitative estimate of drug-likeness (QED) is 0.653. The molecular formula is C21H24ClF3N3O2+. The lowest BCUT2D eigenvalue weighted by Crippen LogP contribution is -2.56. The van der Waals surface area contributed by atoms with E-state index in [0.717, 1.165) is 36.6 Å². The predicted octanol–water partition coefficient (Wildman–Crippen LogP) is 5.12. The lowest BCUT2D eigenvalue weighted by Gasteiger charge is -2.33.